The maximum atomic E-state index is 11.9. The lowest BCUT2D eigenvalue weighted by atomic mass is 10.1. The Morgan fingerprint density at radius 3 is 2.12 bits per heavy atom. The van der Waals surface area contributed by atoms with E-state index in [1.165, 1.54) is 31.4 Å². The average Bonchev–Trinajstić information content (AvgIpc) is 2.61. The van der Waals surface area contributed by atoms with E-state index in [4.69, 9.17) is 4.74 Å². The van der Waals surface area contributed by atoms with Crippen molar-refractivity contribution in [1.29, 1.82) is 0 Å². The van der Waals surface area contributed by atoms with Crippen LogP contribution >= 0.6 is 22.6 Å². The van der Waals surface area contributed by atoms with Crippen molar-refractivity contribution >= 4 is 46.1 Å². The van der Waals surface area contributed by atoms with Crippen molar-refractivity contribution in [3.63, 3.8) is 0 Å². The van der Waals surface area contributed by atoms with Gasteiger partial charge in [-0.05, 0) is 59.0 Å². The lowest BCUT2D eigenvalue weighted by molar-refractivity contribution is -0.119. The summed E-state index contributed by atoms with van der Waals surface area (Å²) < 4.78 is 10.4. The van der Waals surface area contributed by atoms with E-state index in [1.54, 1.807) is 12.1 Å². The predicted molar refractivity (Wildman–Crippen MR) is 95.9 cm³/mol. The molecule has 0 saturated heterocycles. The number of hydrogen-bond donors (Lipinski definition) is 1. The van der Waals surface area contributed by atoms with Crippen molar-refractivity contribution in [1.82, 2.24) is 0 Å². The molecule has 124 valence electrons. The molecule has 1 amide bonds. The number of para-hydroxylation sites is 1. The molecule has 0 heterocycles. The summed E-state index contributed by atoms with van der Waals surface area (Å²) >= 11 is 2.10. The average molecular weight is 439 g/mol. The standard InChI is InChI=1S/C17H14INO5/c1-23-16(21)11-6-8-12(9-7-11)17(22)24-10-15(20)19-14-5-3-2-4-13(14)18/h2-9H,10H2,1H3,(H,19,20). The molecule has 0 bridgehead atoms. The maximum Gasteiger partial charge on any atom is 0.338 e. The molecule has 0 atom stereocenters. The number of benzene rings is 2. The van der Waals surface area contributed by atoms with Gasteiger partial charge in [-0.3, -0.25) is 4.79 Å². The molecular formula is C17H14INO5. The first-order chi connectivity index (χ1) is 11.5. The van der Waals surface area contributed by atoms with E-state index in [1.807, 2.05) is 12.1 Å². The second kappa shape index (κ2) is 8.44. The Kier molecular flexibility index (Phi) is 6.30. The molecule has 24 heavy (non-hydrogen) atoms. The third kappa shape index (κ3) is 4.79. The molecule has 0 fully saturated rings. The Morgan fingerprint density at radius 1 is 0.958 bits per heavy atom. The molecule has 0 spiro atoms. The summed E-state index contributed by atoms with van der Waals surface area (Å²) in [6.45, 7) is -0.400. The number of esters is 2. The Bertz CT molecular complexity index is 758. The van der Waals surface area contributed by atoms with Gasteiger partial charge in [0.1, 0.15) is 0 Å². The minimum absolute atomic E-state index is 0.241. The first kappa shape index (κ1) is 17.9. The molecule has 0 saturated carbocycles. The van der Waals surface area contributed by atoms with E-state index >= 15 is 0 Å². The summed E-state index contributed by atoms with van der Waals surface area (Å²) in [5.74, 6) is -1.57. The molecule has 0 aliphatic carbocycles. The zero-order valence-electron chi connectivity index (χ0n) is 12.7. The topological polar surface area (TPSA) is 81.7 Å². The van der Waals surface area contributed by atoms with Gasteiger partial charge in [-0.2, -0.15) is 0 Å². The van der Waals surface area contributed by atoms with Gasteiger partial charge in [0.15, 0.2) is 6.61 Å². The smallest absolute Gasteiger partial charge is 0.338 e. The first-order valence-corrected chi connectivity index (χ1v) is 7.99. The number of rotatable bonds is 5. The van der Waals surface area contributed by atoms with Crippen molar-refractivity contribution in [3.05, 3.63) is 63.2 Å². The SMILES string of the molecule is COC(=O)c1ccc(C(=O)OCC(=O)Nc2ccccc2I)cc1. The molecule has 0 aliphatic heterocycles. The van der Waals surface area contributed by atoms with E-state index < -0.39 is 24.5 Å². The Labute approximate surface area is 152 Å². The molecule has 2 rings (SSSR count). The number of amides is 1. The number of carbonyl (C=O) groups is 3. The molecule has 2 aromatic rings. The van der Waals surface area contributed by atoms with Crippen molar-refractivity contribution in [3.8, 4) is 0 Å². The summed E-state index contributed by atoms with van der Waals surface area (Å²) in [5.41, 5.74) is 1.22. The number of nitrogens with one attached hydrogen (secondary N) is 1. The van der Waals surface area contributed by atoms with Crippen LogP contribution in [0, 0.1) is 3.57 Å². The molecule has 2 aromatic carbocycles. The van der Waals surface area contributed by atoms with Gasteiger partial charge >= 0.3 is 11.9 Å². The van der Waals surface area contributed by atoms with Gasteiger partial charge in [0.25, 0.3) is 5.91 Å². The van der Waals surface area contributed by atoms with E-state index in [2.05, 4.69) is 32.6 Å². The van der Waals surface area contributed by atoms with Crippen molar-refractivity contribution in [2.45, 2.75) is 0 Å². The van der Waals surface area contributed by atoms with Gasteiger partial charge in [-0.15, -0.1) is 0 Å². The normalized spacial score (nSPS) is 9.92. The number of ether oxygens (including phenoxy) is 2. The van der Waals surface area contributed by atoms with E-state index in [0.717, 1.165) is 3.57 Å². The Hall–Kier alpha value is -2.42. The van der Waals surface area contributed by atoms with Crippen LogP contribution in [0.1, 0.15) is 20.7 Å². The maximum absolute atomic E-state index is 11.9. The van der Waals surface area contributed by atoms with Gasteiger partial charge < -0.3 is 14.8 Å². The van der Waals surface area contributed by atoms with Crippen LogP contribution in [0.3, 0.4) is 0 Å². The van der Waals surface area contributed by atoms with Crippen LogP contribution in [-0.2, 0) is 14.3 Å². The third-order valence-electron chi connectivity index (χ3n) is 3.02. The summed E-state index contributed by atoms with van der Waals surface area (Å²) in [5, 5.41) is 2.66. The highest BCUT2D eigenvalue weighted by molar-refractivity contribution is 14.1. The fourth-order valence-corrected chi connectivity index (χ4v) is 2.35. The van der Waals surface area contributed by atoms with Crippen LogP contribution in [0.2, 0.25) is 0 Å². The lowest BCUT2D eigenvalue weighted by Crippen LogP contribution is -2.21. The number of anilines is 1. The quantitative estimate of drug-likeness (QED) is 0.573. The predicted octanol–water partition coefficient (Wildman–Crippen LogP) is 2.87. The van der Waals surface area contributed by atoms with Crippen LogP contribution in [0.25, 0.3) is 0 Å². The van der Waals surface area contributed by atoms with Gasteiger partial charge in [0.05, 0.1) is 23.9 Å². The van der Waals surface area contributed by atoms with E-state index in [-0.39, 0.29) is 5.56 Å². The van der Waals surface area contributed by atoms with Crippen molar-refractivity contribution in [2.24, 2.45) is 0 Å². The summed E-state index contributed by atoms with van der Waals surface area (Å²) in [6, 6.07) is 13.0. The second-order valence-electron chi connectivity index (χ2n) is 4.67. The lowest BCUT2D eigenvalue weighted by Gasteiger charge is -2.08. The van der Waals surface area contributed by atoms with Crippen LogP contribution in [-0.4, -0.2) is 31.6 Å². The number of methoxy groups -OCH3 is 1. The summed E-state index contributed by atoms with van der Waals surface area (Å²) in [4.78, 5) is 35.0. The Morgan fingerprint density at radius 2 is 1.54 bits per heavy atom. The fraction of sp³-hybridized carbons (Fsp3) is 0.118. The fourth-order valence-electron chi connectivity index (χ4n) is 1.82. The summed E-state index contributed by atoms with van der Waals surface area (Å²) in [6.07, 6.45) is 0. The summed E-state index contributed by atoms with van der Waals surface area (Å²) in [7, 11) is 1.27. The number of hydrogen-bond acceptors (Lipinski definition) is 5. The van der Waals surface area contributed by atoms with Gasteiger partial charge in [0, 0.05) is 3.57 Å². The van der Waals surface area contributed by atoms with Crippen LogP contribution < -0.4 is 5.32 Å². The number of carbonyl (C=O) groups excluding carboxylic acids is 3. The van der Waals surface area contributed by atoms with Gasteiger partial charge in [0.2, 0.25) is 0 Å². The largest absolute Gasteiger partial charge is 0.465 e. The highest BCUT2D eigenvalue weighted by Crippen LogP contribution is 2.16. The molecule has 0 radical (unpaired) electrons. The molecule has 1 N–H and O–H groups in total. The molecular weight excluding hydrogens is 425 g/mol. The molecule has 6 nitrogen and oxygen atoms in total. The minimum Gasteiger partial charge on any atom is -0.465 e. The minimum atomic E-state index is -0.649. The molecule has 0 aliphatic rings. The molecule has 7 heteroatoms. The van der Waals surface area contributed by atoms with Gasteiger partial charge in [-0.1, -0.05) is 12.1 Å². The Balaban J connectivity index is 1.89. The highest BCUT2D eigenvalue weighted by atomic mass is 127. The molecule has 0 aromatic heterocycles. The van der Waals surface area contributed by atoms with Gasteiger partial charge in [-0.25, -0.2) is 9.59 Å². The number of halogens is 1. The highest BCUT2D eigenvalue weighted by Gasteiger charge is 2.12. The second-order valence-corrected chi connectivity index (χ2v) is 5.84. The van der Waals surface area contributed by atoms with Crippen molar-refractivity contribution < 1.29 is 23.9 Å². The molecule has 0 unspecified atom stereocenters. The van der Waals surface area contributed by atoms with Crippen molar-refractivity contribution in [2.75, 3.05) is 19.0 Å². The zero-order valence-corrected chi connectivity index (χ0v) is 14.9. The third-order valence-corrected chi connectivity index (χ3v) is 3.96. The van der Waals surface area contributed by atoms with Crippen LogP contribution in [0.5, 0.6) is 0 Å². The van der Waals surface area contributed by atoms with Crippen LogP contribution in [0.4, 0.5) is 5.69 Å². The van der Waals surface area contributed by atoms with Crippen LogP contribution in [0.15, 0.2) is 48.5 Å². The monoisotopic (exact) mass is 439 g/mol. The van der Waals surface area contributed by atoms with E-state index in [9.17, 15) is 14.4 Å². The first-order valence-electron chi connectivity index (χ1n) is 6.91. The zero-order chi connectivity index (χ0) is 17.5. The van der Waals surface area contributed by atoms with E-state index in [0.29, 0.717) is 11.3 Å².